The largest absolute Gasteiger partial charge is 0.345 e. The molecule has 26 heavy (non-hydrogen) atoms. The summed E-state index contributed by atoms with van der Waals surface area (Å²) in [6.07, 6.45) is 1.19. The van der Waals surface area contributed by atoms with Gasteiger partial charge in [0.1, 0.15) is 0 Å². The Hall–Kier alpha value is -2.66. The maximum absolute atomic E-state index is 12.5. The molecule has 1 N–H and O–H groups in total. The van der Waals surface area contributed by atoms with E-state index in [0.717, 1.165) is 16.3 Å². The maximum Gasteiger partial charge on any atom is 0.251 e. The third-order valence-electron chi connectivity index (χ3n) is 4.28. The standard InChI is InChI=1S/C21H21NO3S/c1-15(19-9-5-7-17-6-3-4-8-20(17)19)22-21(23)18-12-10-16(11-13-18)14-26(2,24)25/h3-13,15H,14H2,1-2H3,(H,22,23)/t15-/m0/s1. The fourth-order valence-electron chi connectivity index (χ4n) is 3.04. The minimum Gasteiger partial charge on any atom is -0.345 e. The number of sulfone groups is 1. The van der Waals surface area contributed by atoms with Crippen molar-refractivity contribution in [1.82, 2.24) is 5.32 Å². The van der Waals surface area contributed by atoms with Gasteiger partial charge in [0.2, 0.25) is 0 Å². The molecular formula is C21H21NO3S. The number of fused-ring (bicyclic) bond motifs is 1. The molecule has 5 heteroatoms. The monoisotopic (exact) mass is 367 g/mol. The predicted molar refractivity (Wildman–Crippen MR) is 105 cm³/mol. The molecule has 0 aromatic heterocycles. The first-order chi connectivity index (χ1) is 12.3. The van der Waals surface area contributed by atoms with Crippen molar-refractivity contribution < 1.29 is 13.2 Å². The molecule has 3 rings (SSSR count). The Labute approximate surface area is 153 Å². The molecule has 0 saturated heterocycles. The lowest BCUT2D eigenvalue weighted by atomic mass is 9.99. The molecule has 3 aromatic rings. The number of rotatable bonds is 5. The molecule has 0 heterocycles. The van der Waals surface area contributed by atoms with Gasteiger partial charge in [-0.05, 0) is 41.0 Å². The summed E-state index contributed by atoms with van der Waals surface area (Å²) >= 11 is 0. The third-order valence-corrected chi connectivity index (χ3v) is 5.14. The van der Waals surface area contributed by atoms with Crippen LogP contribution in [0.5, 0.6) is 0 Å². The van der Waals surface area contributed by atoms with Crippen LogP contribution in [0.4, 0.5) is 0 Å². The van der Waals surface area contributed by atoms with Crippen molar-refractivity contribution in [2.45, 2.75) is 18.7 Å². The second kappa shape index (κ2) is 7.30. The molecule has 0 unspecified atom stereocenters. The van der Waals surface area contributed by atoms with Gasteiger partial charge in [-0.2, -0.15) is 0 Å². The van der Waals surface area contributed by atoms with E-state index in [9.17, 15) is 13.2 Å². The van der Waals surface area contributed by atoms with Crippen molar-refractivity contribution in [3.63, 3.8) is 0 Å². The van der Waals surface area contributed by atoms with Crippen LogP contribution in [0.3, 0.4) is 0 Å². The van der Waals surface area contributed by atoms with Gasteiger partial charge in [-0.3, -0.25) is 4.79 Å². The Balaban J connectivity index is 1.77. The van der Waals surface area contributed by atoms with Gasteiger partial charge >= 0.3 is 0 Å². The average Bonchev–Trinajstić information content (AvgIpc) is 2.60. The second-order valence-corrected chi connectivity index (χ2v) is 8.67. The van der Waals surface area contributed by atoms with Crippen LogP contribution in [0.2, 0.25) is 0 Å². The molecule has 1 atom stereocenters. The van der Waals surface area contributed by atoms with Crippen LogP contribution in [0, 0.1) is 0 Å². The van der Waals surface area contributed by atoms with Gasteiger partial charge in [-0.1, -0.05) is 54.6 Å². The number of hydrogen-bond acceptors (Lipinski definition) is 3. The van der Waals surface area contributed by atoms with Crippen LogP contribution >= 0.6 is 0 Å². The van der Waals surface area contributed by atoms with Crippen molar-refractivity contribution in [3.8, 4) is 0 Å². The summed E-state index contributed by atoms with van der Waals surface area (Å²) in [6.45, 7) is 1.96. The average molecular weight is 367 g/mol. The van der Waals surface area contributed by atoms with Gasteiger partial charge in [0.15, 0.2) is 9.84 Å². The van der Waals surface area contributed by atoms with Crippen molar-refractivity contribution in [3.05, 3.63) is 83.4 Å². The van der Waals surface area contributed by atoms with E-state index < -0.39 is 9.84 Å². The van der Waals surface area contributed by atoms with E-state index in [1.54, 1.807) is 24.3 Å². The van der Waals surface area contributed by atoms with Crippen LogP contribution in [0.25, 0.3) is 10.8 Å². The lowest BCUT2D eigenvalue weighted by Crippen LogP contribution is -2.26. The first-order valence-electron chi connectivity index (χ1n) is 8.39. The summed E-state index contributed by atoms with van der Waals surface area (Å²) in [7, 11) is -3.09. The lowest BCUT2D eigenvalue weighted by Gasteiger charge is -2.17. The minimum absolute atomic E-state index is 0.0265. The van der Waals surface area contributed by atoms with E-state index in [4.69, 9.17) is 0 Å². The summed E-state index contributed by atoms with van der Waals surface area (Å²) in [4.78, 5) is 12.5. The molecule has 0 radical (unpaired) electrons. The van der Waals surface area contributed by atoms with E-state index in [1.807, 2.05) is 49.4 Å². The molecule has 4 nitrogen and oxygen atoms in total. The van der Waals surface area contributed by atoms with Crippen LogP contribution in [-0.2, 0) is 15.6 Å². The summed E-state index contributed by atoms with van der Waals surface area (Å²) in [5.41, 5.74) is 2.24. The lowest BCUT2D eigenvalue weighted by molar-refractivity contribution is 0.0940. The third kappa shape index (κ3) is 4.29. The van der Waals surface area contributed by atoms with Crippen LogP contribution in [0.15, 0.2) is 66.7 Å². The molecule has 1 amide bonds. The molecule has 0 aliphatic rings. The summed E-state index contributed by atoms with van der Waals surface area (Å²) in [5, 5.41) is 5.27. The number of carbonyl (C=O) groups excluding carboxylic acids is 1. The zero-order chi connectivity index (χ0) is 18.7. The number of amides is 1. The Morgan fingerprint density at radius 3 is 2.31 bits per heavy atom. The van der Waals surface area contributed by atoms with Gasteiger partial charge in [0.05, 0.1) is 11.8 Å². The van der Waals surface area contributed by atoms with Crippen LogP contribution < -0.4 is 5.32 Å². The zero-order valence-electron chi connectivity index (χ0n) is 14.8. The number of nitrogens with one attached hydrogen (secondary N) is 1. The zero-order valence-corrected chi connectivity index (χ0v) is 15.6. The smallest absolute Gasteiger partial charge is 0.251 e. The number of carbonyl (C=O) groups is 1. The highest BCUT2D eigenvalue weighted by atomic mass is 32.2. The fourth-order valence-corrected chi connectivity index (χ4v) is 3.84. The summed E-state index contributed by atoms with van der Waals surface area (Å²) in [6, 6.07) is 20.7. The van der Waals surface area contributed by atoms with Gasteiger partial charge in [0, 0.05) is 11.8 Å². The quantitative estimate of drug-likeness (QED) is 0.744. The first-order valence-corrected chi connectivity index (χ1v) is 10.4. The number of hydrogen-bond donors (Lipinski definition) is 1. The molecule has 134 valence electrons. The number of benzene rings is 3. The van der Waals surface area contributed by atoms with Gasteiger partial charge < -0.3 is 5.32 Å². The molecule has 0 spiro atoms. The van der Waals surface area contributed by atoms with E-state index >= 15 is 0 Å². The molecule has 0 bridgehead atoms. The maximum atomic E-state index is 12.5. The first kappa shape index (κ1) is 18.1. The topological polar surface area (TPSA) is 63.2 Å². The minimum atomic E-state index is -3.09. The van der Waals surface area contributed by atoms with Gasteiger partial charge in [0.25, 0.3) is 5.91 Å². The highest BCUT2D eigenvalue weighted by Gasteiger charge is 2.14. The van der Waals surface area contributed by atoms with Gasteiger partial charge in [-0.25, -0.2) is 8.42 Å². The van der Waals surface area contributed by atoms with E-state index in [-0.39, 0.29) is 17.7 Å². The SMILES string of the molecule is C[C@H](NC(=O)c1ccc(CS(C)(=O)=O)cc1)c1cccc2ccccc12. The molecule has 0 saturated carbocycles. The Bertz CT molecular complexity index is 1040. The Morgan fingerprint density at radius 2 is 1.62 bits per heavy atom. The highest BCUT2D eigenvalue weighted by molar-refractivity contribution is 7.89. The molecule has 0 fully saturated rings. The molecule has 0 aliphatic carbocycles. The van der Waals surface area contributed by atoms with Gasteiger partial charge in [-0.15, -0.1) is 0 Å². The van der Waals surface area contributed by atoms with E-state index in [0.29, 0.717) is 11.1 Å². The van der Waals surface area contributed by atoms with Crippen LogP contribution in [0.1, 0.15) is 34.5 Å². The second-order valence-electron chi connectivity index (χ2n) is 6.53. The highest BCUT2D eigenvalue weighted by Crippen LogP contribution is 2.24. The van der Waals surface area contributed by atoms with Crippen molar-refractivity contribution >= 4 is 26.5 Å². The molecular weight excluding hydrogens is 346 g/mol. The molecule has 0 aliphatic heterocycles. The van der Waals surface area contributed by atoms with Crippen molar-refractivity contribution in [2.75, 3.05) is 6.26 Å². The predicted octanol–water partition coefficient (Wildman–Crippen LogP) is 3.88. The Kier molecular flexibility index (Phi) is 5.09. The normalized spacial score (nSPS) is 12.7. The summed E-state index contributed by atoms with van der Waals surface area (Å²) in [5.74, 6) is -0.210. The summed E-state index contributed by atoms with van der Waals surface area (Å²) < 4.78 is 22.7. The Morgan fingerprint density at radius 1 is 0.962 bits per heavy atom. The fraction of sp³-hybridized carbons (Fsp3) is 0.190. The molecule has 3 aromatic carbocycles. The van der Waals surface area contributed by atoms with E-state index in [1.165, 1.54) is 6.26 Å². The van der Waals surface area contributed by atoms with Crippen molar-refractivity contribution in [1.29, 1.82) is 0 Å². The van der Waals surface area contributed by atoms with Crippen molar-refractivity contribution in [2.24, 2.45) is 0 Å². The van der Waals surface area contributed by atoms with E-state index in [2.05, 4.69) is 5.32 Å². The van der Waals surface area contributed by atoms with Crippen LogP contribution in [-0.4, -0.2) is 20.6 Å².